The maximum Gasteiger partial charge on any atom is 0.231 e. The summed E-state index contributed by atoms with van der Waals surface area (Å²) >= 11 is 1.37. The lowest BCUT2D eigenvalue weighted by atomic mass is 10.1. The van der Waals surface area contributed by atoms with Crippen LogP contribution in [0.5, 0.6) is 0 Å². The van der Waals surface area contributed by atoms with E-state index < -0.39 is 10.0 Å². The number of nitrogens with zero attached hydrogens (tertiary/aromatic N) is 3. The van der Waals surface area contributed by atoms with Gasteiger partial charge in [0.1, 0.15) is 10.9 Å². The van der Waals surface area contributed by atoms with E-state index >= 15 is 0 Å². The van der Waals surface area contributed by atoms with E-state index in [1.807, 2.05) is 31.2 Å². The highest BCUT2D eigenvalue weighted by molar-refractivity contribution is 8.00. The average Bonchev–Trinajstić information content (AvgIpc) is 2.64. The van der Waals surface area contributed by atoms with Crippen LogP contribution in [0, 0.1) is 6.92 Å². The molecule has 0 atom stereocenters. The molecule has 27 heavy (non-hydrogen) atoms. The lowest BCUT2D eigenvalue weighted by Gasteiger charge is -2.16. The third-order valence-corrected chi connectivity index (χ3v) is 6.27. The van der Waals surface area contributed by atoms with Gasteiger partial charge in [0.05, 0.1) is 23.2 Å². The molecule has 8 heteroatoms. The molecule has 0 bridgehead atoms. The summed E-state index contributed by atoms with van der Waals surface area (Å²) in [6, 6.07) is 14.2. The molecule has 3 aromatic rings. The number of benzene rings is 2. The van der Waals surface area contributed by atoms with Crippen molar-refractivity contribution < 1.29 is 13.2 Å². The number of aromatic nitrogens is 2. The van der Waals surface area contributed by atoms with E-state index in [9.17, 15) is 13.2 Å². The van der Waals surface area contributed by atoms with Crippen LogP contribution in [0.4, 0.5) is 5.69 Å². The molecule has 0 unspecified atom stereocenters. The van der Waals surface area contributed by atoms with Crippen LogP contribution in [0.3, 0.4) is 0 Å². The number of carbonyl (C=O) groups is 1. The van der Waals surface area contributed by atoms with Gasteiger partial charge in [-0.05, 0) is 37.3 Å². The molecule has 1 heterocycles. The molecule has 3 rings (SSSR count). The minimum absolute atomic E-state index is 0.0473. The summed E-state index contributed by atoms with van der Waals surface area (Å²) in [7, 11) is -1.85. The van der Waals surface area contributed by atoms with Crippen molar-refractivity contribution in [3.8, 4) is 0 Å². The van der Waals surface area contributed by atoms with Gasteiger partial charge in [0.2, 0.25) is 10.0 Å². The largest absolute Gasteiger partial charge is 0.293 e. The highest BCUT2D eigenvalue weighted by Crippen LogP contribution is 2.26. The molecule has 0 saturated heterocycles. The van der Waals surface area contributed by atoms with Crippen LogP contribution in [0.15, 0.2) is 53.6 Å². The van der Waals surface area contributed by atoms with Crippen LogP contribution < -0.4 is 4.31 Å². The van der Waals surface area contributed by atoms with Crippen molar-refractivity contribution in [1.82, 2.24) is 9.97 Å². The fourth-order valence-corrected chi connectivity index (χ4v) is 4.00. The molecule has 0 N–H and O–H groups in total. The minimum Gasteiger partial charge on any atom is -0.293 e. The van der Waals surface area contributed by atoms with Gasteiger partial charge in [0.25, 0.3) is 0 Å². The first-order chi connectivity index (χ1) is 12.8. The van der Waals surface area contributed by atoms with Gasteiger partial charge in [-0.3, -0.25) is 9.10 Å². The minimum atomic E-state index is -3.33. The Morgan fingerprint density at radius 3 is 2.41 bits per heavy atom. The van der Waals surface area contributed by atoms with Gasteiger partial charge >= 0.3 is 0 Å². The van der Waals surface area contributed by atoms with Gasteiger partial charge in [0.15, 0.2) is 5.78 Å². The molecule has 0 aliphatic heterocycles. The number of hydrogen-bond donors (Lipinski definition) is 0. The number of rotatable bonds is 6. The second kappa shape index (κ2) is 7.66. The molecule has 2 aromatic carbocycles. The summed E-state index contributed by atoms with van der Waals surface area (Å²) in [4.78, 5) is 21.4. The van der Waals surface area contributed by atoms with Crippen molar-refractivity contribution in [3.63, 3.8) is 0 Å². The second-order valence-corrected chi connectivity index (χ2v) is 9.06. The third kappa shape index (κ3) is 4.45. The summed E-state index contributed by atoms with van der Waals surface area (Å²) in [5, 5.41) is 1.70. The molecule has 6 nitrogen and oxygen atoms in total. The Hall–Kier alpha value is -2.45. The molecule has 0 spiro atoms. The molecular formula is C19H19N3O3S2. The van der Waals surface area contributed by atoms with Crippen LogP contribution in [0.25, 0.3) is 10.9 Å². The lowest BCUT2D eigenvalue weighted by Crippen LogP contribution is -2.24. The Morgan fingerprint density at radius 2 is 1.74 bits per heavy atom. The highest BCUT2D eigenvalue weighted by Gasteiger charge is 2.14. The summed E-state index contributed by atoms with van der Waals surface area (Å²) in [5.74, 6) is 0.854. The normalized spacial score (nSPS) is 11.5. The SMILES string of the molecule is Cc1nc(SCC(=O)c2ccc(N(C)S(C)(=O)=O)cc2)c2ccccc2n1. The van der Waals surface area contributed by atoms with Crippen molar-refractivity contribution in [2.24, 2.45) is 0 Å². The number of para-hydroxylation sites is 1. The maximum atomic E-state index is 12.5. The number of thioether (sulfide) groups is 1. The van der Waals surface area contributed by atoms with Crippen LogP contribution in [-0.2, 0) is 10.0 Å². The maximum absolute atomic E-state index is 12.5. The Kier molecular flexibility index (Phi) is 5.48. The fourth-order valence-electron chi connectivity index (χ4n) is 2.53. The number of hydrogen-bond acceptors (Lipinski definition) is 6. The molecule has 0 aliphatic carbocycles. The zero-order valence-corrected chi connectivity index (χ0v) is 16.8. The van der Waals surface area contributed by atoms with Gasteiger partial charge in [-0.2, -0.15) is 0 Å². The summed E-state index contributed by atoms with van der Waals surface area (Å²) in [6.07, 6.45) is 1.14. The summed E-state index contributed by atoms with van der Waals surface area (Å²) < 4.78 is 24.3. The highest BCUT2D eigenvalue weighted by atomic mass is 32.2. The summed E-state index contributed by atoms with van der Waals surface area (Å²) in [5.41, 5.74) is 1.90. The number of anilines is 1. The van der Waals surface area contributed by atoms with E-state index in [2.05, 4.69) is 9.97 Å². The predicted molar refractivity (Wildman–Crippen MR) is 109 cm³/mol. The monoisotopic (exact) mass is 401 g/mol. The molecule has 0 aliphatic rings. The Balaban J connectivity index is 1.75. The van der Waals surface area contributed by atoms with Crippen LogP contribution >= 0.6 is 11.8 Å². The quantitative estimate of drug-likeness (QED) is 0.358. The van der Waals surface area contributed by atoms with E-state index in [0.717, 1.165) is 22.2 Å². The topological polar surface area (TPSA) is 80.2 Å². The van der Waals surface area contributed by atoms with E-state index in [4.69, 9.17) is 0 Å². The van der Waals surface area contributed by atoms with Crippen molar-refractivity contribution in [2.45, 2.75) is 11.9 Å². The van der Waals surface area contributed by atoms with E-state index in [-0.39, 0.29) is 11.5 Å². The first-order valence-electron chi connectivity index (χ1n) is 8.19. The molecule has 0 saturated carbocycles. The second-order valence-electron chi connectivity index (χ2n) is 6.08. The first-order valence-corrected chi connectivity index (χ1v) is 11.0. The number of aryl methyl sites for hydroxylation is 1. The molecule has 0 fully saturated rings. The third-order valence-electron chi connectivity index (χ3n) is 4.07. The summed E-state index contributed by atoms with van der Waals surface area (Å²) in [6.45, 7) is 1.83. The van der Waals surface area contributed by atoms with Crippen molar-refractivity contribution in [2.75, 3.05) is 23.4 Å². The zero-order valence-electron chi connectivity index (χ0n) is 15.2. The van der Waals surface area contributed by atoms with Crippen LogP contribution in [-0.4, -0.2) is 43.2 Å². The van der Waals surface area contributed by atoms with Crippen molar-refractivity contribution in [1.29, 1.82) is 0 Å². The smallest absolute Gasteiger partial charge is 0.231 e. The molecular weight excluding hydrogens is 382 g/mol. The Bertz CT molecular complexity index is 1100. The predicted octanol–water partition coefficient (Wildman–Crippen LogP) is 3.31. The Morgan fingerprint density at radius 1 is 1.07 bits per heavy atom. The number of carbonyl (C=O) groups excluding carboxylic acids is 1. The van der Waals surface area contributed by atoms with Gasteiger partial charge in [-0.15, -0.1) is 0 Å². The van der Waals surface area contributed by atoms with Gasteiger partial charge in [-0.1, -0.05) is 30.0 Å². The van der Waals surface area contributed by atoms with Gasteiger partial charge in [0, 0.05) is 18.0 Å². The van der Waals surface area contributed by atoms with Crippen LogP contribution in [0.2, 0.25) is 0 Å². The molecule has 0 amide bonds. The van der Waals surface area contributed by atoms with Crippen molar-refractivity contribution in [3.05, 3.63) is 59.9 Å². The number of sulfonamides is 1. The van der Waals surface area contributed by atoms with E-state index in [1.54, 1.807) is 24.3 Å². The number of Topliss-reactive ketones (excluding diaryl/α,β-unsaturated/α-hetero) is 1. The van der Waals surface area contributed by atoms with Crippen molar-refractivity contribution >= 4 is 44.2 Å². The van der Waals surface area contributed by atoms with E-state index in [1.165, 1.54) is 23.1 Å². The van der Waals surface area contributed by atoms with Crippen LogP contribution in [0.1, 0.15) is 16.2 Å². The Labute approximate surface area is 162 Å². The molecule has 140 valence electrons. The lowest BCUT2D eigenvalue weighted by molar-refractivity contribution is 0.102. The van der Waals surface area contributed by atoms with Gasteiger partial charge in [-0.25, -0.2) is 18.4 Å². The standard InChI is InChI=1S/C19H19N3O3S2/c1-13-20-17-7-5-4-6-16(17)19(21-13)26-12-18(23)14-8-10-15(11-9-14)22(2)27(3,24)25/h4-11H,12H2,1-3H3. The fraction of sp³-hybridized carbons (Fsp3) is 0.211. The average molecular weight is 402 g/mol. The molecule has 0 radical (unpaired) electrons. The zero-order chi connectivity index (χ0) is 19.6. The van der Waals surface area contributed by atoms with Gasteiger partial charge < -0.3 is 0 Å². The molecule has 1 aromatic heterocycles. The number of ketones is 1. The van der Waals surface area contributed by atoms with E-state index in [0.29, 0.717) is 17.1 Å². The first kappa shape index (κ1) is 19.3. The number of fused-ring (bicyclic) bond motifs is 1.